The van der Waals surface area contributed by atoms with E-state index in [-0.39, 0.29) is 18.7 Å². The summed E-state index contributed by atoms with van der Waals surface area (Å²) in [6.45, 7) is 2.77. The first-order chi connectivity index (χ1) is 9.63. The second kappa shape index (κ2) is 6.95. The summed E-state index contributed by atoms with van der Waals surface area (Å²) in [6.07, 6.45) is 3.71. The molecule has 110 valence electrons. The van der Waals surface area contributed by atoms with Crippen LogP contribution >= 0.6 is 11.6 Å². The molecule has 20 heavy (non-hydrogen) atoms. The highest BCUT2D eigenvalue weighted by atomic mass is 35.5. The van der Waals surface area contributed by atoms with Gasteiger partial charge in [-0.3, -0.25) is 0 Å². The molecule has 1 aromatic rings. The lowest BCUT2D eigenvalue weighted by atomic mass is 10.00. The molecule has 0 spiro atoms. The number of aliphatic hydroxyl groups excluding tert-OH is 1. The SMILES string of the molecule is Cc1cccc(Cl)c1NC(=O)N1CCCCC1CCO. The molecular formula is C15H21ClN2O2. The van der Waals surface area contributed by atoms with Crippen molar-refractivity contribution in [3.8, 4) is 0 Å². The lowest BCUT2D eigenvalue weighted by Crippen LogP contribution is -2.46. The van der Waals surface area contributed by atoms with Crippen molar-refractivity contribution in [2.75, 3.05) is 18.5 Å². The molecule has 4 nitrogen and oxygen atoms in total. The Morgan fingerprint density at radius 1 is 1.50 bits per heavy atom. The maximum atomic E-state index is 12.4. The van der Waals surface area contributed by atoms with Crippen molar-refractivity contribution >= 4 is 23.3 Å². The van der Waals surface area contributed by atoms with Gasteiger partial charge in [0.1, 0.15) is 0 Å². The molecule has 0 bridgehead atoms. The summed E-state index contributed by atoms with van der Waals surface area (Å²) in [4.78, 5) is 14.3. The Bertz CT molecular complexity index is 457. The predicted molar refractivity (Wildman–Crippen MR) is 81.3 cm³/mol. The van der Waals surface area contributed by atoms with Crippen molar-refractivity contribution in [3.05, 3.63) is 28.8 Å². The first kappa shape index (κ1) is 15.1. The topological polar surface area (TPSA) is 52.6 Å². The third-order valence-corrected chi connectivity index (χ3v) is 4.12. The van der Waals surface area contributed by atoms with Crippen LogP contribution in [0.1, 0.15) is 31.2 Å². The first-order valence-corrected chi connectivity index (χ1v) is 7.45. The van der Waals surface area contributed by atoms with E-state index in [4.69, 9.17) is 16.7 Å². The molecule has 1 aliphatic rings. The lowest BCUT2D eigenvalue weighted by Gasteiger charge is -2.35. The van der Waals surface area contributed by atoms with E-state index < -0.39 is 0 Å². The minimum absolute atomic E-state index is 0.111. The van der Waals surface area contributed by atoms with E-state index in [1.807, 2.05) is 24.0 Å². The van der Waals surface area contributed by atoms with Gasteiger partial charge in [0.25, 0.3) is 0 Å². The number of amides is 2. The summed E-state index contributed by atoms with van der Waals surface area (Å²) in [5, 5.41) is 12.6. The number of rotatable bonds is 3. The van der Waals surface area contributed by atoms with Crippen molar-refractivity contribution < 1.29 is 9.90 Å². The second-order valence-corrected chi connectivity index (χ2v) is 5.62. The molecule has 0 radical (unpaired) electrons. The highest BCUT2D eigenvalue weighted by Gasteiger charge is 2.26. The molecule has 1 atom stereocenters. The Morgan fingerprint density at radius 3 is 3.00 bits per heavy atom. The van der Waals surface area contributed by atoms with Gasteiger partial charge in [-0.15, -0.1) is 0 Å². The number of urea groups is 1. The van der Waals surface area contributed by atoms with Crippen LogP contribution < -0.4 is 5.32 Å². The number of benzene rings is 1. The highest BCUT2D eigenvalue weighted by molar-refractivity contribution is 6.33. The molecule has 1 fully saturated rings. The van der Waals surface area contributed by atoms with Crippen LogP contribution in [0.4, 0.5) is 10.5 Å². The summed E-state index contributed by atoms with van der Waals surface area (Å²) >= 11 is 6.14. The molecule has 0 aromatic heterocycles. The molecule has 1 heterocycles. The minimum Gasteiger partial charge on any atom is -0.396 e. The van der Waals surface area contributed by atoms with Crippen LogP contribution in [-0.2, 0) is 0 Å². The zero-order valence-electron chi connectivity index (χ0n) is 11.7. The second-order valence-electron chi connectivity index (χ2n) is 5.22. The number of hydrogen-bond acceptors (Lipinski definition) is 2. The quantitative estimate of drug-likeness (QED) is 0.898. The fourth-order valence-electron chi connectivity index (χ4n) is 2.69. The maximum Gasteiger partial charge on any atom is 0.322 e. The molecule has 1 aromatic carbocycles. The van der Waals surface area contributed by atoms with Gasteiger partial charge < -0.3 is 15.3 Å². The van der Waals surface area contributed by atoms with Crippen LogP contribution in [0.5, 0.6) is 0 Å². The summed E-state index contributed by atoms with van der Waals surface area (Å²) in [6, 6.07) is 5.55. The number of nitrogens with one attached hydrogen (secondary N) is 1. The zero-order valence-corrected chi connectivity index (χ0v) is 12.5. The lowest BCUT2D eigenvalue weighted by molar-refractivity contribution is 0.141. The van der Waals surface area contributed by atoms with Crippen molar-refractivity contribution in [1.29, 1.82) is 0 Å². The Morgan fingerprint density at radius 2 is 2.30 bits per heavy atom. The van der Waals surface area contributed by atoms with E-state index >= 15 is 0 Å². The van der Waals surface area contributed by atoms with Crippen LogP contribution in [0.3, 0.4) is 0 Å². The van der Waals surface area contributed by atoms with Crippen LogP contribution in [0, 0.1) is 6.92 Å². The predicted octanol–water partition coefficient (Wildman–Crippen LogP) is 3.42. The molecule has 1 unspecified atom stereocenters. The molecule has 2 rings (SSSR count). The largest absolute Gasteiger partial charge is 0.396 e. The third-order valence-electron chi connectivity index (χ3n) is 3.80. The molecule has 2 N–H and O–H groups in total. The Kier molecular flexibility index (Phi) is 5.26. The summed E-state index contributed by atoms with van der Waals surface area (Å²) in [7, 11) is 0. The number of aryl methyl sites for hydroxylation is 1. The molecule has 2 amide bonds. The van der Waals surface area contributed by atoms with E-state index in [2.05, 4.69) is 5.32 Å². The number of para-hydroxylation sites is 1. The van der Waals surface area contributed by atoms with Gasteiger partial charge in [0, 0.05) is 19.2 Å². The smallest absolute Gasteiger partial charge is 0.322 e. The van der Waals surface area contributed by atoms with Gasteiger partial charge in [-0.05, 0) is 44.2 Å². The number of piperidine rings is 1. The van der Waals surface area contributed by atoms with E-state index in [1.165, 1.54) is 0 Å². The van der Waals surface area contributed by atoms with Crippen molar-refractivity contribution in [2.24, 2.45) is 0 Å². The molecule has 1 saturated heterocycles. The summed E-state index contributed by atoms with van der Waals surface area (Å²) < 4.78 is 0. The van der Waals surface area contributed by atoms with Crippen molar-refractivity contribution in [2.45, 2.75) is 38.6 Å². The standard InChI is InChI=1S/C15H21ClN2O2/c1-11-5-4-7-13(16)14(11)17-15(20)18-9-3-2-6-12(18)8-10-19/h4-5,7,12,19H,2-3,6,8-10H2,1H3,(H,17,20). The minimum atomic E-state index is -0.126. The van der Waals surface area contributed by atoms with Gasteiger partial charge >= 0.3 is 6.03 Å². The fraction of sp³-hybridized carbons (Fsp3) is 0.533. The van der Waals surface area contributed by atoms with Gasteiger partial charge in [-0.1, -0.05) is 23.7 Å². The average Bonchev–Trinajstić information content (AvgIpc) is 2.44. The molecule has 0 saturated carbocycles. The van der Waals surface area contributed by atoms with Gasteiger partial charge in [-0.25, -0.2) is 4.79 Å². The first-order valence-electron chi connectivity index (χ1n) is 7.07. The monoisotopic (exact) mass is 296 g/mol. The number of carbonyl (C=O) groups excluding carboxylic acids is 1. The van der Waals surface area contributed by atoms with Crippen LogP contribution in [0.25, 0.3) is 0 Å². The van der Waals surface area contributed by atoms with Gasteiger partial charge in [0.05, 0.1) is 10.7 Å². The van der Waals surface area contributed by atoms with E-state index in [0.717, 1.165) is 31.4 Å². The van der Waals surface area contributed by atoms with Crippen LogP contribution in [0.2, 0.25) is 5.02 Å². The molecule has 1 aliphatic heterocycles. The Balaban J connectivity index is 2.10. The van der Waals surface area contributed by atoms with E-state index in [1.54, 1.807) is 6.07 Å². The molecule has 0 aliphatic carbocycles. The van der Waals surface area contributed by atoms with Crippen molar-refractivity contribution in [3.63, 3.8) is 0 Å². The fourth-order valence-corrected chi connectivity index (χ4v) is 2.96. The van der Waals surface area contributed by atoms with Crippen LogP contribution in [0.15, 0.2) is 18.2 Å². The van der Waals surface area contributed by atoms with Crippen LogP contribution in [-0.4, -0.2) is 35.2 Å². The molecule has 5 heteroatoms. The normalized spacial score (nSPS) is 18.9. The zero-order chi connectivity index (χ0) is 14.5. The number of anilines is 1. The van der Waals surface area contributed by atoms with Gasteiger partial charge in [0.2, 0.25) is 0 Å². The van der Waals surface area contributed by atoms with Crippen molar-refractivity contribution in [1.82, 2.24) is 4.90 Å². The number of aliphatic hydroxyl groups is 1. The highest BCUT2D eigenvalue weighted by Crippen LogP contribution is 2.27. The molecular weight excluding hydrogens is 276 g/mol. The number of nitrogens with zero attached hydrogens (tertiary/aromatic N) is 1. The third kappa shape index (κ3) is 3.44. The Labute approximate surface area is 124 Å². The number of halogens is 1. The number of likely N-dealkylation sites (tertiary alicyclic amines) is 1. The summed E-state index contributed by atoms with van der Waals surface area (Å²) in [5.41, 5.74) is 1.62. The van der Waals surface area contributed by atoms with E-state index in [9.17, 15) is 4.79 Å². The summed E-state index contributed by atoms with van der Waals surface area (Å²) in [5.74, 6) is 0. The van der Waals surface area contributed by atoms with Gasteiger partial charge in [-0.2, -0.15) is 0 Å². The Hall–Kier alpha value is -1.26. The van der Waals surface area contributed by atoms with E-state index in [0.29, 0.717) is 17.1 Å². The average molecular weight is 297 g/mol. The maximum absolute atomic E-state index is 12.4. The number of hydrogen-bond donors (Lipinski definition) is 2. The van der Waals surface area contributed by atoms with Gasteiger partial charge in [0.15, 0.2) is 0 Å². The number of carbonyl (C=O) groups is 1.